The third-order valence-electron chi connectivity index (χ3n) is 5.76. The topological polar surface area (TPSA) is 69.7 Å². The Morgan fingerprint density at radius 1 is 1.06 bits per heavy atom. The molecule has 8 heteroatoms. The van der Waals surface area contributed by atoms with Crippen molar-refractivity contribution in [2.45, 2.75) is 51.7 Å². The second kappa shape index (κ2) is 10.9. The Morgan fingerprint density at radius 3 is 2.28 bits per heavy atom. The predicted molar refractivity (Wildman–Crippen MR) is 125 cm³/mol. The summed E-state index contributed by atoms with van der Waals surface area (Å²) in [6.45, 7) is 5.17. The van der Waals surface area contributed by atoms with Gasteiger partial charge in [-0.2, -0.15) is 0 Å². The van der Waals surface area contributed by atoms with Crippen molar-refractivity contribution in [3.8, 4) is 0 Å². The Bertz CT molecular complexity index is 1010. The average Bonchev–Trinajstić information content (AvgIpc) is 2.77. The number of nitrogens with one attached hydrogen (secondary N) is 1. The number of nitrogens with zero attached hydrogens (tertiary/aromatic N) is 2. The fraction of sp³-hybridized carbons (Fsp3) is 0.458. The number of anilines is 1. The van der Waals surface area contributed by atoms with Crippen molar-refractivity contribution in [1.29, 1.82) is 0 Å². The molecule has 1 aliphatic heterocycles. The van der Waals surface area contributed by atoms with E-state index in [4.69, 9.17) is 0 Å². The molecule has 0 spiro atoms. The normalized spacial score (nSPS) is 15.8. The molecule has 0 bridgehead atoms. The zero-order chi connectivity index (χ0) is 23.1. The number of piperidine rings is 1. The summed E-state index contributed by atoms with van der Waals surface area (Å²) >= 11 is 0. The largest absolute Gasteiger partial charge is 0.350 e. The summed E-state index contributed by atoms with van der Waals surface area (Å²) in [6.07, 6.45) is 5.00. The zero-order valence-electron chi connectivity index (χ0n) is 18.8. The van der Waals surface area contributed by atoms with E-state index in [-0.39, 0.29) is 18.7 Å². The first-order chi connectivity index (χ1) is 15.3. The van der Waals surface area contributed by atoms with Gasteiger partial charge in [-0.05, 0) is 55.6 Å². The minimum absolute atomic E-state index is 0.126. The fourth-order valence-electron chi connectivity index (χ4n) is 4.11. The van der Waals surface area contributed by atoms with E-state index in [2.05, 4.69) is 22.3 Å². The lowest BCUT2D eigenvalue weighted by molar-refractivity contribution is -0.122. The summed E-state index contributed by atoms with van der Waals surface area (Å²) in [5.74, 6) is -1.15. The lowest BCUT2D eigenvalue weighted by Gasteiger charge is -2.30. The smallest absolute Gasteiger partial charge is 0.244 e. The molecule has 0 aromatic heterocycles. The van der Waals surface area contributed by atoms with E-state index >= 15 is 0 Å². The third kappa shape index (κ3) is 6.29. The van der Waals surface area contributed by atoms with Gasteiger partial charge in [0.15, 0.2) is 0 Å². The van der Waals surface area contributed by atoms with Crippen LogP contribution < -0.4 is 9.62 Å². The first-order valence-electron chi connectivity index (χ1n) is 11.1. The molecule has 2 aromatic rings. The van der Waals surface area contributed by atoms with Gasteiger partial charge in [0.1, 0.15) is 11.9 Å². The van der Waals surface area contributed by atoms with E-state index in [1.807, 2.05) is 12.1 Å². The highest BCUT2D eigenvalue weighted by molar-refractivity contribution is 7.92. The molecule has 0 radical (unpaired) electrons. The molecule has 1 atom stereocenters. The summed E-state index contributed by atoms with van der Waals surface area (Å²) in [7, 11) is -3.87. The molecule has 174 valence electrons. The van der Waals surface area contributed by atoms with Crippen LogP contribution in [0.1, 0.15) is 43.7 Å². The number of sulfonamides is 1. The molecule has 1 fully saturated rings. The number of rotatable bonds is 9. The fourth-order valence-corrected chi connectivity index (χ4v) is 5.32. The summed E-state index contributed by atoms with van der Waals surface area (Å²) in [4.78, 5) is 15.4. The first-order valence-corrected chi connectivity index (χ1v) is 13.0. The minimum atomic E-state index is -3.87. The Hall–Kier alpha value is -2.45. The molecule has 1 saturated heterocycles. The van der Waals surface area contributed by atoms with Crippen molar-refractivity contribution in [2.75, 3.05) is 23.7 Å². The summed E-state index contributed by atoms with van der Waals surface area (Å²) in [6, 6.07) is 12.6. The SMILES string of the molecule is CC[C@@H](C(=O)NCc1ccc(CN2CCCCC2)cc1)N(c1ccccc1F)S(C)(=O)=O. The number of hydrogen-bond donors (Lipinski definition) is 1. The number of amides is 1. The van der Waals surface area contributed by atoms with Gasteiger partial charge in [0.05, 0.1) is 11.9 Å². The van der Waals surface area contributed by atoms with Crippen LogP contribution in [0.2, 0.25) is 0 Å². The van der Waals surface area contributed by atoms with E-state index in [0.717, 1.165) is 35.8 Å². The van der Waals surface area contributed by atoms with Crippen LogP contribution in [0.5, 0.6) is 0 Å². The van der Waals surface area contributed by atoms with E-state index in [1.54, 1.807) is 13.0 Å². The number of halogens is 1. The molecule has 1 heterocycles. The van der Waals surface area contributed by atoms with Gasteiger partial charge in [-0.25, -0.2) is 12.8 Å². The maximum absolute atomic E-state index is 14.3. The lowest BCUT2D eigenvalue weighted by atomic mass is 10.1. The molecule has 2 aromatic carbocycles. The number of carbonyl (C=O) groups excluding carboxylic acids is 1. The minimum Gasteiger partial charge on any atom is -0.350 e. The highest BCUT2D eigenvalue weighted by Crippen LogP contribution is 2.25. The molecule has 1 aliphatic rings. The first kappa shape index (κ1) is 24.2. The molecule has 0 saturated carbocycles. The van der Waals surface area contributed by atoms with Crippen molar-refractivity contribution in [1.82, 2.24) is 10.2 Å². The van der Waals surface area contributed by atoms with E-state index in [1.165, 1.54) is 43.0 Å². The molecule has 6 nitrogen and oxygen atoms in total. The van der Waals surface area contributed by atoms with Crippen LogP contribution in [-0.4, -0.2) is 44.6 Å². The van der Waals surface area contributed by atoms with Gasteiger partial charge in [-0.3, -0.25) is 14.0 Å². The Kier molecular flexibility index (Phi) is 8.26. The number of carbonyl (C=O) groups is 1. The average molecular weight is 462 g/mol. The zero-order valence-corrected chi connectivity index (χ0v) is 19.6. The van der Waals surface area contributed by atoms with Crippen molar-refractivity contribution in [3.05, 3.63) is 65.5 Å². The van der Waals surface area contributed by atoms with E-state index in [0.29, 0.717) is 0 Å². The van der Waals surface area contributed by atoms with Crippen LogP contribution in [-0.2, 0) is 27.9 Å². The third-order valence-corrected chi connectivity index (χ3v) is 6.93. The molecule has 0 aliphatic carbocycles. The second-order valence-corrected chi connectivity index (χ2v) is 10.2. The van der Waals surface area contributed by atoms with Crippen molar-refractivity contribution in [2.24, 2.45) is 0 Å². The molecular formula is C24H32FN3O3S. The standard InChI is InChI=1S/C24H32FN3O3S/c1-3-22(28(32(2,30)31)23-10-6-5-9-21(23)25)24(29)26-17-19-11-13-20(14-12-19)18-27-15-7-4-8-16-27/h5-6,9-14,22H,3-4,7-8,15-18H2,1-2H3,(H,26,29)/t22-/m0/s1. The number of benzene rings is 2. The quantitative estimate of drug-likeness (QED) is 0.619. The van der Waals surface area contributed by atoms with Crippen LogP contribution in [0.4, 0.5) is 10.1 Å². The molecule has 32 heavy (non-hydrogen) atoms. The Balaban J connectivity index is 1.66. The number of likely N-dealkylation sites (tertiary alicyclic amines) is 1. The molecule has 0 unspecified atom stereocenters. The molecule has 1 N–H and O–H groups in total. The molecule has 3 rings (SSSR count). The summed E-state index contributed by atoms with van der Waals surface area (Å²) in [5.41, 5.74) is 2.03. The highest BCUT2D eigenvalue weighted by Gasteiger charge is 2.32. The van der Waals surface area contributed by atoms with E-state index < -0.39 is 27.8 Å². The van der Waals surface area contributed by atoms with Gasteiger partial charge in [0, 0.05) is 13.1 Å². The van der Waals surface area contributed by atoms with E-state index in [9.17, 15) is 17.6 Å². The number of hydrogen-bond acceptors (Lipinski definition) is 4. The van der Waals surface area contributed by atoms with Crippen LogP contribution in [0.15, 0.2) is 48.5 Å². The van der Waals surface area contributed by atoms with Gasteiger partial charge in [-0.15, -0.1) is 0 Å². The van der Waals surface area contributed by atoms with Gasteiger partial charge in [0.25, 0.3) is 0 Å². The van der Waals surface area contributed by atoms with Gasteiger partial charge in [-0.1, -0.05) is 49.7 Å². The van der Waals surface area contributed by atoms with Crippen molar-refractivity contribution < 1.29 is 17.6 Å². The highest BCUT2D eigenvalue weighted by atomic mass is 32.2. The Morgan fingerprint density at radius 2 is 1.69 bits per heavy atom. The van der Waals surface area contributed by atoms with Gasteiger partial charge >= 0.3 is 0 Å². The molecular weight excluding hydrogens is 429 g/mol. The maximum atomic E-state index is 14.3. The number of para-hydroxylation sites is 1. The van der Waals surface area contributed by atoms with Crippen LogP contribution in [0, 0.1) is 5.82 Å². The van der Waals surface area contributed by atoms with Crippen LogP contribution in [0.3, 0.4) is 0 Å². The summed E-state index contributed by atoms with van der Waals surface area (Å²) in [5, 5.41) is 2.81. The van der Waals surface area contributed by atoms with Gasteiger partial charge in [0.2, 0.25) is 15.9 Å². The molecule has 1 amide bonds. The lowest BCUT2D eigenvalue weighted by Crippen LogP contribution is -2.49. The summed E-state index contributed by atoms with van der Waals surface area (Å²) < 4.78 is 40.1. The predicted octanol–water partition coefficient (Wildman–Crippen LogP) is 3.67. The van der Waals surface area contributed by atoms with Crippen LogP contribution in [0.25, 0.3) is 0 Å². The van der Waals surface area contributed by atoms with Crippen LogP contribution >= 0.6 is 0 Å². The maximum Gasteiger partial charge on any atom is 0.244 e. The van der Waals surface area contributed by atoms with Crippen molar-refractivity contribution in [3.63, 3.8) is 0 Å². The Labute approximate surface area is 190 Å². The van der Waals surface area contributed by atoms with Crippen molar-refractivity contribution >= 4 is 21.6 Å². The second-order valence-electron chi connectivity index (χ2n) is 8.31. The monoisotopic (exact) mass is 461 g/mol. The van der Waals surface area contributed by atoms with Gasteiger partial charge < -0.3 is 5.32 Å².